The van der Waals surface area contributed by atoms with E-state index in [1.165, 1.54) is 30.3 Å². The van der Waals surface area contributed by atoms with Crippen LogP contribution in [0.25, 0.3) is 0 Å². The maximum absolute atomic E-state index is 13.7. The fourth-order valence-electron chi connectivity index (χ4n) is 2.27. The highest BCUT2D eigenvalue weighted by atomic mass is 35.5. The molecule has 0 spiro atoms. The molecule has 2 aromatic heterocycles. The van der Waals surface area contributed by atoms with Gasteiger partial charge in [-0.05, 0) is 35.9 Å². The SMILES string of the molecule is O=S(=O)(NCc1ccc(Cl)o1)c1cccc(NCc2c(F)cc(F)cc2F)n1. The molecule has 2 N–H and O–H groups in total. The van der Waals surface area contributed by atoms with Crippen LogP contribution in [0.3, 0.4) is 0 Å². The lowest BCUT2D eigenvalue weighted by atomic mass is 10.2. The number of nitrogens with zero attached hydrogens (tertiary/aromatic N) is 1. The van der Waals surface area contributed by atoms with Crippen molar-refractivity contribution in [3.05, 3.63) is 76.5 Å². The van der Waals surface area contributed by atoms with Crippen molar-refractivity contribution in [1.82, 2.24) is 9.71 Å². The van der Waals surface area contributed by atoms with Crippen LogP contribution in [0.15, 0.2) is 51.9 Å². The number of rotatable bonds is 7. The third kappa shape index (κ3) is 4.83. The van der Waals surface area contributed by atoms with Crippen LogP contribution < -0.4 is 10.0 Å². The van der Waals surface area contributed by atoms with Gasteiger partial charge in [0.15, 0.2) is 10.2 Å². The third-order valence-electron chi connectivity index (χ3n) is 3.62. The minimum Gasteiger partial charge on any atom is -0.448 e. The molecule has 0 aliphatic rings. The zero-order chi connectivity index (χ0) is 20.3. The molecule has 0 fully saturated rings. The van der Waals surface area contributed by atoms with Crippen LogP contribution in [-0.4, -0.2) is 13.4 Å². The molecule has 3 aromatic rings. The first-order chi connectivity index (χ1) is 13.2. The number of anilines is 1. The van der Waals surface area contributed by atoms with E-state index in [2.05, 4.69) is 15.0 Å². The molecule has 0 aliphatic heterocycles. The van der Waals surface area contributed by atoms with Crippen molar-refractivity contribution in [2.45, 2.75) is 18.1 Å². The lowest BCUT2D eigenvalue weighted by Gasteiger charge is -2.10. The molecule has 0 radical (unpaired) electrons. The number of nitrogens with one attached hydrogen (secondary N) is 2. The Morgan fingerprint density at radius 1 is 1.04 bits per heavy atom. The lowest BCUT2D eigenvalue weighted by Crippen LogP contribution is -2.24. The normalized spacial score (nSPS) is 11.6. The Labute approximate surface area is 163 Å². The van der Waals surface area contributed by atoms with Crippen molar-refractivity contribution < 1.29 is 26.0 Å². The highest BCUT2D eigenvalue weighted by Gasteiger charge is 2.17. The standard InChI is InChI=1S/C17H13ClF3N3O3S/c18-15-5-4-11(27-15)8-23-28(25,26)17-3-1-2-16(24-17)22-9-12-13(20)6-10(19)7-14(12)21/h1-7,23H,8-9H2,(H,22,24). The van der Waals surface area contributed by atoms with Gasteiger partial charge in [0.05, 0.1) is 6.54 Å². The number of hydrogen-bond donors (Lipinski definition) is 2. The zero-order valence-corrected chi connectivity index (χ0v) is 15.6. The second-order valence-corrected chi connectivity index (χ2v) is 7.68. The molecule has 0 aliphatic carbocycles. The molecule has 0 atom stereocenters. The second kappa shape index (κ2) is 8.21. The predicted octanol–water partition coefficient (Wildman–Crippen LogP) is 3.84. The summed E-state index contributed by atoms with van der Waals surface area (Å²) in [6.45, 7) is -0.493. The molecule has 0 unspecified atom stereocenters. The number of sulfonamides is 1. The van der Waals surface area contributed by atoms with E-state index in [9.17, 15) is 21.6 Å². The van der Waals surface area contributed by atoms with Crippen LogP contribution >= 0.6 is 11.6 Å². The third-order valence-corrected chi connectivity index (χ3v) is 5.12. The van der Waals surface area contributed by atoms with E-state index in [0.717, 1.165) is 0 Å². The van der Waals surface area contributed by atoms with E-state index in [-0.39, 0.29) is 29.2 Å². The van der Waals surface area contributed by atoms with Crippen LogP contribution in [0.2, 0.25) is 5.22 Å². The lowest BCUT2D eigenvalue weighted by molar-refractivity contribution is 0.499. The quantitative estimate of drug-likeness (QED) is 0.594. The fourth-order valence-corrected chi connectivity index (χ4v) is 3.39. The van der Waals surface area contributed by atoms with Gasteiger partial charge in [0, 0.05) is 24.2 Å². The first-order valence-corrected chi connectivity index (χ1v) is 9.69. The van der Waals surface area contributed by atoms with Crippen molar-refractivity contribution in [3.8, 4) is 0 Å². The zero-order valence-electron chi connectivity index (χ0n) is 14.0. The summed E-state index contributed by atoms with van der Waals surface area (Å²) in [6.07, 6.45) is 0. The van der Waals surface area contributed by atoms with E-state index in [0.29, 0.717) is 17.9 Å². The van der Waals surface area contributed by atoms with Crippen molar-refractivity contribution in [1.29, 1.82) is 0 Å². The smallest absolute Gasteiger partial charge is 0.258 e. The number of furan rings is 1. The summed E-state index contributed by atoms with van der Waals surface area (Å²) in [5, 5.41) is 2.42. The second-order valence-electron chi connectivity index (χ2n) is 5.59. The molecule has 3 rings (SSSR count). The molecule has 148 valence electrons. The Bertz CT molecular complexity index is 1080. The maximum Gasteiger partial charge on any atom is 0.258 e. The average molecular weight is 432 g/mol. The molecule has 0 saturated heterocycles. The summed E-state index contributed by atoms with van der Waals surface area (Å²) in [5.41, 5.74) is -0.399. The molecular formula is C17H13ClF3N3O3S. The number of halogens is 4. The number of pyridine rings is 1. The minimum atomic E-state index is -3.98. The first-order valence-electron chi connectivity index (χ1n) is 7.83. The Morgan fingerprint density at radius 2 is 1.75 bits per heavy atom. The molecule has 6 nitrogen and oxygen atoms in total. The minimum absolute atomic E-state index is 0.0621. The Hall–Kier alpha value is -2.56. The number of benzene rings is 1. The van der Waals surface area contributed by atoms with Gasteiger partial charge in [0.25, 0.3) is 10.0 Å². The molecule has 28 heavy (non-hydrogen) atoms. The van der Waals surface area contributed by atoms with Crippen molar-refractivity contribution >= 4 is 27.4 Å². The molecule has 0 saturated carbocycles. The number of aromatic nitrogens is 1. The average Bonchev–Trinajstić information content (AvgIpc) is 3.05. The van der Waals surface area contributed by atoms with Gasteiger partial charge in [0.2, 0.25) is 0 Å². The Morgan fingerprint density at radius 3 is 2.39 bits per heavy atom. The Balaban J connectivity index is 1.71. The van der Waals surface area contributed by atoms with Crippen LogP contribution in [0.5, 0.6) is 0 Å². The van der Waals surface area contributed by atoms with E-state index < -0.39 is 33.0 Å². The molecule has 2 heterocycles. The van der Waals surface area contributed by atoms with Crippen molar-refractivity contribution in [2.75, 3.05) is 5.32 Å². The summed E-state index contributed by atoms with van der Waals surface area (Å²) in [7, 11) is -3.98. The van der Waals surface area contributed by atoms with Gasteiger partial charge in [-0.25, -0.2) is 31.3 Å². The van der Waals surface area contributed by atoms with E-state index in [4.69, 9.17) is 16.0 Å². The highest BCUT2D eigenvalue weighted by Crippen LogP contribution is 2.18. The van der Waals surface area contributed by atoms with Crippen LogP contribution in [0.1, 0.15) is 11.3 Å². The first kappa shape index (κ1) is 20.2. The van der Waals surface area contributed by atoms with Gasteiger partial charge in [-0.3, -0.25) is 0 Å². The van der Waals surface area contributed by atoms with Gasteiger partial charge < -0.3 is 9.73 Å². The Kier molecular flexibility index (Phi) is 5.92. The summed E-state index contributed by atoms with van der Waals surface area (Å²) < 4.78 is 72.4. The van der Waals surface area contributed by atoms with Crippen LogP contribution in [-0.2, 0) is 23.1 Å². The van der Waals surface area contributed by atoms with E-state index in [1.807, 2.05) is 0 Å². The van der Waals surface area contributed by atoms with Gasteiger partial charge in [-0.2, -0.15) is 0 Å². The summed E-state index contributed by atoms with van der Waals surface area (Å²) in [4.78, 5) is 3.92. The molecule has 11 heteroatoms. The van der Waals surface area contributed by atoms with Crippen molar-refractivity contribution in [3.63, 3.8) is 0 Å². The van der Waals surface area contributed by atoms with Gasteiger partial charge in [-0.15, -0.1) is 0 Å². The molecule has 1 aromatic carbocycles. The topological polar surface area (TPSA) is 84.2 Å². The predicted molar refractivity (Wildman–Crippen MR) is 95.6 cm³/mol. The fraction of sp³-hybridized carbons (Fsp3) is 0.118. The van der Waals surface area contributed by atoms with Gasteiger partial charge in [-0.1, -0.05) is 6.07 Å². The molecule has 0 bridgehead atoms. The summed E-state index contributed by atoms with van der Waals surface area (Å²) in [5.74, 6) is -2.79. The van der Waals surface area contributed by atoms with E-state index in [1.54, 1.807) is 0 Å². The highest BCUT2D eigenvalue weighted by molar-refractivity contribution is 7.89. The summed E-state index contributed by atoms with van der Waals surface area (Å²) in [6, 6.07) is 8.18. The van der Waals surface area contributed by atoms with Gasteiger partial charge >= 0.3 is 0 Å². The largest absolute Gasteiger partial charge is 0.448 e. The van der Waals surface area contributed by atoms with Crippen LogP contribution in [0, 0.1) is 17.5 Å². The van der Waals surface area contributed by atoms with Gasteiger partial charge in [0.1, 0.15) is 29.0 Å². The van der Waals surface area contributed by atoms with E-state index >= 15 is 0 Å². The maximum atomic E-state index is 13.7. The van der Waals surface area contributed by atoms with Crippen LogP contribution in [0.4, 0.5) is 19.0 Å². The monoisotopic (exact) mass is 431 g/mol. The van der Waals surface area contributed by atoms with Crippen molar-refractivity contribution in [2.24, 2.45) is 0 Å². The molecular weight excluding hydrogens is 419 g/mol. The number of hydrogen-bond acceptors (Lipinski definition) is 5. The summed E-state index contributed by atoms with van der Waals surface area (Å²) >= 11 is 5.63. The molecule has 0 amide bonds.